The molecule has 0 saturated heterocycles. The maximum atomic E-state index is 11.8. The topological polar surface area (TPSA) is 37.3 Å². The summed E-state index contributed by atoms with van der Waals surface area (Å²) in [4.78, 5) is 11.8. The van der Waals surface area contributed by atoms with E-state index in [0.29, 0.717) is 24.0 Å². The highest BCUT2D eigenvalue weighted by Crippen LogP contribution is 2.62. The lowest BCUT2D eigenvalue weighted by molar-refractivity contribution is -0.118. The van der Waals surface area contributed by atoms with Crippen LogP contribution in [0.2, 0.25) is 0 Å². The fourth-order valence-electron chi connectivity index (χ4n) is 5.84. The normalized spacial score (nSPS) is 42.2. The van der Waals surface area contributed by atoms with E-state index in [1.165, 1.54) is 16.7 Å². The molecule has 1 N–H and O–H groups in total. The summed E-state index contributed by atoms with van der Waals surface area (Å²) >= 11 is 0. The van der Waals surface area contributed by atoms with Gasteiger partial charge in [-0.1, -0.05) is 24.5 Å². The van der Waals surface area contributed by atoms with E-state index >= 15 is 0 Å². The van der Waals surface area contributed by atoms with Crippen molar-refractivity contribution in [2.45, 2.75) is 70.8 Å². The first-order valence-electron chi connectivity index (χ1n) is 9.08. The second-order valence-electron chi connectivity index (χ2n) is 8.10. The molecular weight excluding hydrogens is 284 g/mol. The van der Waals surface area contributed by atoms with E-state index in [2.05, 4.69) is 24.8 Å². The average Bonchev–Trinajstić information content (AvgIpc) is 2.79. The van der Waals surface area contributed by atoms with Crippen molar-refractivity contribution in [2.75, 3.05) is 0 Å². The number of aliphatic hydroxyl groups is 1. The van der Waals surface area contributed by atoms with E-state index in [0.717, 1.165) is 44.9 Å². The van der Waals surface area contributed by atoms with Gasteiger partial charge in [0, 0.05) is 18.3 Å². The van der Waals surface area contributed by atoms with E-state index in [9.17, 15) is 9.90 Å². The van der Waals surface area contributed by atoms with E-state index in [-0.39, 0.29) is 5.41 Å². The van der Waals surface area contributed by atoms with Crippen molar-refractivity contribution in [3.05, 3.63) is 22.8 Å². The molecule has 4 rings (SSSR count). The molecule has 0 spiro atoms. The monoisotopic (exact) mass is 310 g/mol. The van der Waals surface area contributed by atoms with Crippen LogP contribution in [0.5, 0.6) is 0 Å². The molecule has 2 nitrogen and oxygen atoms in total. The van der Waals surface area contributed by atoms with Gasteiger partial charge in [-0.2, -0.15) is 0 Å². The van der Waals surface area contributed by atoms with Crippen LogP contribution in [-0.4, -0.2) is 16.5 Å². The first-order chi connectivity index (χ1) is 11.0. The van der Waals surface area contributed by atoms with Crippen LogP contribution in [0.25, 0.3) is 0 Å². The van der Waals surface area contributed by atoms with Gasteiger partial charge in [0.1, 0.15) is 11.4 Å². The molecule has 23 heavy (non-hydrogen) atoms. The molecule has 0 radical (unpaired) electrons. The lowest BCUT2D eigenvalue weighted by atomic mass is 9.56. The van der Waals surface area contributed by atoms with Gasteiger partial charge in [-0.15, -0.1) is 5.92 Å². The Morgan fingerprint density at radius 2 is 2.09 bits per heavy atom. The number of allylic oxidation sites excluding steroid dienone is 4. The van der Waals surface area contributed by atoms with Crippen molar-refractivity contribution in [3.63, 3.8) is 0 Å². The molecule has 0 heterocycles. The fourth-order valence-corrected chi connectivity index (χ4v) is 5.84. The largest absolute Gasteiger partial charge is 0.377 e. The zero-order valence-electron chi connectivity index (χ0n) is 14.2. The molecule has 0 unspecified atom stereocenters. The minimum Gasteiger partial charge on any atom is -0.377 e. The number of carbonyl (C=O) groups is 1. The van der Waals surface area contributed by atoms with E-state index in [4.69, 9.17) is 0 Å². The number of ketones is 1. The summed E-state index contributed by atoms with van der Waals surface area (Å²) in [5, 5.41) is 11.1. The van der Waals surface area contributed by atoms with Gasteiger partial charge < -0.3 is 5.11 Å². The van der Waals surface area contributed by atoms with Crippen LogP contribution in [0.3, 0.4) is 0 Å². The van der Waals surface area contributed by atoms with Gasteiger partial charge in [-0.05, 0) is 68.4 Å². The molecule has 4 atom stereocenters. The SMILES string of the molecule is CC#C[C@]1(O)CC[C@H]2[C@@H]3CCC4=C(CCC(=O)C4)C3=CC[C@@]21C. The molecule has 0 aromatic rings. The van der Waals surface area contributed by atoms with Gasteiger partial charge in [0.2, 0.25) is 0 Å². The summed E-state index contributed by atoms with van der Waals surface area (Å²) in [7, 11) is 0. The van der Waals surface area contributed by atoms with Crippen LogP contribution in [0.4, 0.5) is 0 Å². The molecule has 0 aliphatic heterocycles. The molecule has 0 aromatic heterocycles. The maximum Gasteiger partial charge on any atom is 0.137 e. The Hall–Kier alpha value is -1.33. The molecule has 0 bridgehead atoms. The Labute approximate surface area is 139 Å². The van der Waals surface area contributed by atoms with Gasteiger partial charge in [0.05, 0.1) is 0 Å². The predicted molar refractivity (Wildman–Crippen MR) is 90.5 cm³/mol. The highest BCUT2D eigenvalue weighted by Gasteiger charge is 2.59. The number of carbonyl (C=O) groups excluding carboxylic acids is 1. The molecule has 122 valence electrons. The first kappa shape index (κ1) is 15.2. The summed E-state index contributed by atoms with van der Waals surface area (Å²) in [5.74, 6) is 7.61. The molecule has 0 amide bonds. The van der Waals surface area contributed by atoms with Gasteiger partial charge >= 0.3 is 0 Å². The van der Waals surface area contributed by atoms with Crippen molar-refractivity contribution in [3.8, 4) is 11.8 Å². The zero-order chi connectivity index (χ0) is 16.2. The third-order valence-corrected chi connectivity index (χ3v) is 7.14. The second kappa shape index (κ2) is 5.08. The van der Waals surface area contributed by atoms with E-state index in [1.54, 1.807) is 0 Å². The van der Waals surface area contributed by atoms with Crippen molar-refractivity contribution in [1.29, 1.82) is 0 Å². The number of Topliss-reactive ketones (excluding diaryl/α,β-unsaturated/α-hetero) is 1. The molecule has 1 saturated carbocycles. The molecule has 4 aliphatic rings. The fraction of sp³-hybridized carbons (Fsp3) is 0.667. The van der Waals surface area contributed by atoms with Gasteiger partial charge in [-0.25, -0.2) is 0 Å². The molecular formula is C21H26O2. The number of hydrogen-bond acceptors (Lipinski definition) is 2. The standard InChI is InChI=1S/C21H26O2/c1-3-10-21(23)12-9-19-18-6-4-14-13-15(22)5-7-16(14)17(18)8-11-20(19,21)2/h8,18-19,23H,4-7,9,11-13H2,1-2H3/t18-,19+,20+,21+/m1/s1. The van der Waals surface area contributed by atoms with Crippen LogP contribution >= 0.6 is 0 Å². The Kier molecular flexibility index (Phi) is 3.36. The van der Waals surface area contributed by atoms with Crippen LogP contribution in [0, 0.1) is 29.1 Å². The predicted octanol–water partition coefficient (Wildman–Crippen LogP) is 3.95. The summed E-state index contributed by atoms with van der Waals surface area (Å²) in [5.41, 5.74) is 3.49. The maximum absolute atomic E-state index is 11.8. The quantitative estimate of drug-likeness (QED) is 0.688. The van der Waals surface area contributed by atoms with Gasteiger partial charge in [0.25, 0.3) is 0 Å². The number of rotatable bonds is 0. The Bertz CT molecular complexity index is 686. The lowest BCUT2D eigenvalue weighted by Gasteiger charge is -2.49. The Morgan fingerprint density at radius 1 is 1.26 bits per heavy atom. The minimum absolute atomic E-state index is 0.118. The zero-order valence-corrected chi connectivity index (χ0v) is 14.2. The minimum atomic E-state index is -0.828. The van der Waals surface area contributed by atoms with Crippen molar-refractivity contribution < 1.29 is 9.90 Å². The average molecular weight is 310 g/mol. The van der Waals surface area contributed by atoms with Crippen molar-refractivity contribution >= 4 is 5.78 Å². The van der Waals surface area contributed by atoms with Crippen molar-refractivity contribution in [2.24, 2.45) is 17.3 Å². The third kappa shape index (κ3) is 2.02. The Balaban J connectivity index is 1.74. The van der Waals surface area contributed by atoms with Crippen molar-refractivity contribution in [1.82, 2.24) is 0 Å². The highest BCUT2D eigenvalue weighted by molar-refractivity contribution is 5.83. The van der Waals surface area contributed by atoms with Gasteiger partial charge in [-0.3, -0.25) is 4.79 Å². The molecule has 0 aromatic carbocycles. The van der Waals surface area contributed by atoms with Gasteiger partial charge in [0.15, 0.2) is 0 Å². The third-order valence-electron chi connectivity index (χ3n) is 7.14. The van der Waals surface area contributed by atoms with E-state index in [1.807, 2.05) is 6.92 Å². The smallest absolute Gasteiger partial charge is 0.137 e. The lowest BCUT2D eigenvalue weighted by Crippen LogP contribution is -2.48. The van der Waals surface area contributed by atoms with Crippen LogP contribution < -0.4 is 0 Å². The summed E-state index contributed by atoms with van der Waals surface area (Å²) in [6.45, 7) is 4.08. The van der Waals surface area contributed by atoms with E-state index < -0.39 is 5.60 Å². The number of fused-ring (bicyclic) bond motifs is 4. The summed E-state index contributed by atoms with van der Waals surface area (Å²) < 4.78 is 0. The number of hydrogen-bond donors (Lipinski definition) is 1. The summed E-state index contributed by atoms with van der Waals surface area (Å²) in [6.07, 6.45) is 9.75. The van der Waals surface area contributed by atoms with Crippen LogP contribution in [-0.2, 0) is 4.79 Å². The Morgan fingerprint density at radius 3 is 2.87 bits per heavy atom. The second-order valence-corrected chi connectivity index (χ2v) is 8.10. The molecule has 1 fully saturated rings. The molecule has 4 aliphatic carbocycles. The first-order valence-corrected chi connectivity index (χ1v) is 9.08. The highest BCUT2D eigenvalue weighted by atomic mass is 16.3. The van der Waals surface area contributed by atoms with Crippen LogP contribution in [0.1, 0.15) is 65.2 Å². The molecule has 2 heteroatoms. The summed E-state index contributed by atoms with van der Waals surface area (Å²) in [6, 6.07) is 0. The van der Waals surface area contributed by atoms with Crippen LogP contribution in [0.15, 0.2) is 22.8 Å².